The first-order chi connectivity index (χ1) is 18.0. The first-order valence-corrected chi connectivity index (χ1v) is 12.5. The van der Waals surface area contributed by atoms with Gasteiger partial charge in [0.2, 0.25) is 0 Å². The van der Waals surface area contributed by atoms with Crippen LogP contribution in [0.4, 0.5) is 0 Å². The molecule has 0 radical (unpaired) electrons. The van der Waals surface area contributed by atoms with E-state index in [0.29, 0.717) is 24.3 Å². The van der Waals surface area contributed by atoms with Crippen LogP contribution in [0, 0.1) is 0 Å². The second-order valence-corrected chi connectivity index (χ2v) is 9.41. The molecule has 0 aliphatic carbocycles. The monoisotopic (exact) mass is 493 g/mol. The van der Waals surface area contributed by atoms with Crippen LogP contribution in [0.1, 0.15) is 22.5 Å². The Morgan fingerprint density at radius 3 is 1.73 bits per heavy atom. The molecule has 0 unspecified atom stereocenters. The zero-order valence-electron chi connectivity index (χ0n) is 21.2. The molecule has 5 aromatic rings. The molecule has 2 aromatic heterocycles. The van der Waals surface area contributed by atoms with Gasteiger partial charge in [0.15, 0.2) is 11.2 Å². The van der Waals surface area contributed by atoms with Crippen molar-refractivity contribution < 1.29 is 0 Å². The average Bonchev–Trinajstić information content (AvgIpc) is 3.29. The van der Waals surface area contributed by atoms with Gasteiger partial charge in [-0.3, -0.25) is 18.8 Å². The molecule has 37 heavy (non-hydrogen) atoms. The van der Waals surface area contributed by atoms with Crippen LogP contribution in [0.15, 0.2) is 101 Å². The second kappa shape index (κ2) is 10.8. The van der Waals surface area contributed by atoms with Gasteiger partial charge in [0, 0.05) is 33.7 Å². The van der Waals surface area contributed by atoms with E-state index >= 15 is 0 Å². The summed E-state index contributed by atoms with van der Waals surface area (Å²) in [5.74, 6) is 0.774. The van der Waals surface area contributed by atoms with Gasteiger partial charge in [-0.05, 0) is 23.1 Å². The standard InChI is InChI=1S/C30H31N5O2/c1-32-28-27(29(36)33(2)30(32)37)35(19-18-23-12-6-3-7-13-23)26(31-28)22-34(20-24-14-8-4-9-15-24)21-25-16-10-5-11-17-25/h3-17H,18-22H2,1-2H3. The highest BCUT2D eigenvalue weighted by atomic mass is 16.2. The molecule has 0 aliphatic heterocycles. The summed E-state index contributed by atoms with van der Waals surface area (Å²) in [5, 5.41) is 0. The Hall–Kier alpha value is -4.23. The number of aryl methyl sites for hydroxylation is 3. The van der Waals surface area contributed by atoms with Crippen molar-refractivity contribution in [1.82, 2.24) is 23.6 Å². The van der Waals surface area contributed by atoms with E-state index < -0.39 is 0 Å². The molecule has 0 saturated carbocycles. The SMILES string of the molecule is Cn1c(=O)c2c(nc(CN(Cc3ccccc3)Cc3ccccc3)n2CCc2ccccc2)n(C)c1=O. The van der Waals surface area contributed by atoms with Crippen molar-refractivity contribution in [1.29, 1.82) is 0 Å². The number of benzene rings is 3. The van der Waals surface area contributed by atoms with Crippen molar-refractivity contribution in [2.75, 3.05) is 0 Å². The summed E-state index contributed by atoms with van der Waals surface area (Å²) in [6.07, 6.45) is 0.753. The normalized spacial score (nSPS) is 11.4. The van der Waals surface area contributed by atoms with E-state index in [9.17, 15) is 9.59 Å². The van der Waals surface area contributed by atoms with Crippen LogP contribution in [0.5, 0.6) is 0 Å². The molecule has 188 valence electrons. The molecule has 0 atom stereocenters. The lowest BCUT2D eigenvalue weighted by Crippen LogP contribution is -2.37. The Bertz CT molecular complexity index is 1560. The molecule has 0 aliphatic rings. The Balaban J connectivity index is 1.57. The van der Waals surface area contributed by atoms with Crippen LogP contribution in [-0.4, -0.2) is 23.6 Å². The first kappa shape index (κ1) is 24.5. The van der Waals surface area contributed by atoms with Crippen molar-refractivity contribution >= 4 is 11.2 Å². The number of hydrogen-bond donors (Lipinski definition) is 0. The van der Waals surface area contributed by atoms with Gasteiger partial charge in [0.25, 0.3) is 5.56 Å². The molecular weight excluding hydrogens is 462 g/mol. The summed E-state index contributed by atoms with van der Waals surface area (Å²) in [7, 11) is 3.20. The minimum absolute atomic E-state index is 0.317. The molecule has 2 heterocycles. The van der Waals surface area contributed by atoms with Gasteiger partial charge in [0.05, 0.1) is 6.54 Å². The lowest BCUT2D eigenvalue weighted by Gasteiger charge is -2.23. The quantitative estimate of drug-likeness (QED) is 0.313. The summed E-state index contributed by atoms with van der Waals surface area (Å²) in [6.45, 7) is 2.58. The van der Waals surface area contributed by atoms with Crippen molar-refractivity contribution in [2.45, 2.75) is 32.6 Å². The predicted octanol–water partition coefficient (Wildman–Crippen LogP) is 3.88. The lowest BCUT2D eigenvalue weighted by atomic mass is 10.1. The van der Waals surface area contributed by atoms with Crippen LogP contribution in [0.3, 0.4) is 0 Å². The number of hydrogen-bond acceptors (Lipinski definition) is 4. The molecule has 0 N–H and O–H groups in total. The van der Waals surface area contributed by atoms with Crippen molar-refractivity contribution in [3.05, 3.63) is 134 Å². The highest BCUT2D eigenvalue weighted by molar-refractivity contribution is 5.71. The van der Waals surface area contributed by atoms with Crippen molar-refractivity contribution in [2.24, 2.45) is 14.1 Å². The number of rotatable bonds is 9. The van der Waals surface area contributed by atoms with E-state index in [0.717, 1.165) is 25.3 Å². The predicted molar refractivity (Wildman–Crippen MR) is 146 cm³/mol. The third-order valence-electron chi connectivity index (χ3n) is 6.76. The van der Waals surface area contributed by atoms with Crippen LogP contribution >= 0.6 is 0 Å². The zero-order valence-corrected chi connectivity index (χ0v) is 21.2. The topological polar surface area (TPSA) is 65.1 Å². The van der Waals surface area contributed by atoms with Crippen molar-refractivity contribution in [3.8, 4) is 0 Å². The van der Waals surface area contributed by atoms with E-state index in [2.05, 4.69) is 41.3 Å². The Labute approximate surface area is 215 Å². The molecular formula is C30H31N5O2. The van der Waals surface area contributed by atoms with Crippen LogP contribution in [-0.2, 0) is 46.7 Å². The molecule has 7 heteroatoms. The van der Waals surface area contributed by atoms with Gasteiger partial charge < -0.3 is 4.57 Å². The van der Waals surface area contributed by atoms with E-state index in [4.69, 9.17) is 4.98 Å². The highest BCUT2D eigenvalue weighted by Gasteiger charge is 2.21. The fourth-order valence-corrected chi connectivity index (χ4v) is 4.79. The van der Waals surface area contributed by atoms with Gasteiger partial charge in [0.1, 0.15) is 5.82 Å². The second-order valence-electron chi connectivity index (χ2n) is 9.41. The molecule has 0 amide bonds. The Kier molecular flexibility index (Phi) is 7.14. The fraction of sp³-hybridized carbons (Fsp3) is 0.233. The molecule has 0 saturated heterocycles. The lowest BCUT2D eigenvalue weighted by molar-refractivity contribution is 0.238. The molecule has 0 fully saturated rings. The summed E-state index contributed by atoms with van der Waals surface area (Å²) in [5.41, 5.74) is 3.79. The van der Waals surface area contributed by atoms with Crippen LogP contribution in [0.25, 0.3) is 11.2 Å². The maximum Gasteiger partial charge on any atom is 0.332 e. The molecule has 3 aromatic carbocycles. The number of aromatic nitrogens is 4. The van der Waals surface area contributed by atoms with E-state index in [1.54, 1.807) is 7.05 Å². The zero-order chi connectivity index (χ0) is 25.8. The largest absolute Gasteiger partial charge is 0.332 e. The van der Waals surface area contributed by atoms with Gasteiger partial charge in [-0.2, -0.15) is 0 Å². The van der Waals surface area contributed by atoms with Gasteiger partial charge in [-0.1, -0.05) is 91.0 Å². The fourth-order valence-electron chi connectivity index (χ4n) is 4.79. The average molecular weight is 494 g/mol. The Morgan fingerprint density at radius 2 is 1.19 bits per heavy atom. The Morgan fingerprint density at radius 1 is 0.676 bits per heavy atom. The third kappa shape index (κ3) is 5.32. The van der Waals surface area contributed by atoms with Crippen LogP contribution in [0.2, 0.25) is 0 Å². The van der Waals surface area contributed by atoms with Gasteiger partial charge in [-0.25, -0.2) is 9.78 Å². The highest BCUT2D eigenvalue weighted by Crippen LogP contribution is 2.18. The molecule has 7 nitrogen and oxygen atoms in total. The summed E-state index contributed by atoms with van der Waals surface area (Å²) >= 11 is 0. The molecule has 0 spiro atoms. The summed E-state index contributed by atoms with van der Waals surface area (Å²) in [6, 6.07) is 30.9. The summed E-state index contributed by atoms with van der Waals surface area (Å²) in [4.78, 5) is 33.2. The van der Waals surface area contributed by atoms with Crippen molar-refractivity contribution in [3.63, 3.8) is 0 Å². The number of nitrogens with zero attached hydrogens (tertiary/aromatic N) is 5. The molecule has 5 rings (SSSR count). The maximum atomic E-state index is 13.3. The van der Waals surface area contributed by atoms with E-state index in [1.807, 2.05) is 59.2 Å². The smallest absolute Gasteiger partial charge is 0.321 e. The number of fused-ring (bicyclic) bond motifs is 1. The van der Waals surface area contributed by atoms with Gasteiger partial charge >= 0.3 is 5.69 Å². The first-order valence-electron chi connectivity index (χ1n) is 12.5. The third-order valence-corrected chi connectivity index (χ3v) is 6.76. The maximum absolute atomic E-state index is 13.3. The van der Waals surface area contributed by atoms with Crippen LogP contribution < -0.4 is 11.2 Å². The number of imidazole rings is 1. The molecule has 0 bridgehead atoms. The summed E-state index contributed by atoms with van der Waals surface area (Å²) < 4.78 is 4.64. The minimum atomic E-state index is -0.373. The minimum Gasteiger partial charge on any atom is -0.321 e. The van der Waals surface area contributed by atoms with E-state index in [-0.39, 0.29) is 11.2 Å². The van der Waals surface area contributed by atoms with Gasteiger partial charge in [-0.15, -0.1) is 0 Å². The van der Waals surface area contributed by atoms with E-state index in [1.165, 1.54) is 32.9 Å².